The van der Waals surface area contributed by atoms with Crippen LogP contribution < -0.4 is 4.74 Å². The molecule has 0 bridgehead atoms. The number of benzene rings is 3. The maximum Gasteiger partial charge on any atom is 0.201 e. The number of halogens is 5. The van der Waals surface area contributed by atoms with E-state index < -0.39 is 35.2 Å². The third-order valence-electron chi connectivity index (χ3n) is 7.86. The zero-order chi connectivity index (χ0) is 28.1. The number of hydrogen-bond donors (Lipinski definition) is 1. The second-order valence-corrected chi connectivity index (χ2v) is 10.4. The van der Waals surface area contributed by atoms with Gasteiger partial charge in [-0.3, -0.25) is 0 Å². The highest BCUT2D eigenvalue weighted by Crippen LogP contribution is 2.40. The van der Waals surface area contributed by atoms with Crippen LogP contribution in [0.4, 0.5) is 22.0 Å². The van der Waals surface area contributed by atoms with Crippen LogP contribution in [0.1, 0.15) is 87.5 Å². The summed E-state index contributed by atoms with van der Waals surface area (Å²) in [5.74, 6) is -4.62. The lowest BCUT2D eigenvalue weighted by atomic mass is 9.76. The maximum absolute atomic E-state index is 14.9. The van der Waals surface area contributed by atoms with Gasteiger partial charge in [0.2, 0.25) is 5.82 Å². The SMILES string of the molecule is CCCC(O)c1ccc(C2CCC(CCc3ccc(-c4ccc(OCC)c(F)c4F)c(F)c3)CC2)c(F)c1F. The molecule has 210 valence electrons. The molecule has 1 fully saturated rings. The van der Waals surface area contributed by atoms with E-state index >= 15 is 0 Å². The summed E-state index contributed by atoms with van der Waals surface area (Å²) in [7, 11) is 0. The number of aryl methyl sites for hydroxylation is 1. The first-order valence-corrected chi connectivity index (χ1v) is 13.8. The molecule has 0 spiro atoms. The molecule has 1 saturated carbocycles. The summed E-state index contributed by atoms with van der Waals surface area (Å²) in [6, 6.07) is 10.3. The Labute approximate surface area is 226 Å². The summed E-state index contributed by atoms with van der Waals surface area (Å²) in [6.45, 7) is 3.73. The Hall–Kier alpha value is -2.93. The van der Waals surface area contributed by atoms with E-state index in [9.17, 15) is 27.1 Å². The Morgan fingerprint density at radius 3 is 2.21 bits per heavy atom. The average Bonchev–Trinajstić information content (AvgIpc) is 2.93. The maximum atomic E-state index is 14.9. The van der Waals surface area contributed by atoms with E-state index in [0.29, 0.717) is 30.7 Å². The summed E-state index contributed by atoms with van der Waals surface area (Å²) in [4.78, 5) is 0. The lowest BCUT2D eigenvalue weighted by Crippen LogP contribution is -2.16. The van der Waals surface area contributed by atoms with Gasteiger partial charge in [-0.25, -0.2) is 17.6 Å². The quantitative estimate of drug-likeness (QED) is 0.257. The van der Waals surface area contributed by atoms with Gasteiger partial charge in [0.1, 0.15) is 5.82 Å². The van der Waals surface area contributed by atoms with Gasteiger partial charge in [-0.1, -0.05) is 37.6 Å². The van der Waals surface area contributed by atoms with Crippen LogP contribution in [-0.2, 0) is 6.42 Å². The van der Waals surface area contributed by atoms with Crippen LogP contribution >= 0.6 is 0 Å². The molecule has 3 aromatic rings. The Bertz CT molecular complexity index is 1280. The molecule has 1 unspecified atom stereocenters. The van der Waals surface area contributed by atoms with E-state index in [1.165, 1.54) is 30.3 Å². The second-order valence-electron chi connectivity index (χ2n) is 10.4. The van der Waals surface area contributed by atoms with E-state index in [1.54, 1.807) is 19.1 Å². The van der Waals surface area contributed by atoms with Crippen molar-refractivity contribution in [3.63, 3.8) is 0 Å². The van der Waals surface area contributed by atoms with Crippen molar-refractivity contribution in [3.05, 3.63) is 88.2 Å². The molecule has 3 aromatic carbocycles. The van der Waals surface area contributed by atoms with Crippen LogP contribution in [0.5, 0.6) is 5.75 Å². The predicted octanol–water partition coefficient (Wildman–Crippen LogP) is 9.19. The zero-order valence-corrected chi connectivity index (χ0v) is 22.4. The first kappa shape index (κ1) is 29.1. The van der Waals surface area contributed by atoms with Crippen molar-refractivity contribution in [1.29, 1.82) is 0 Å². The van der Waals surface area contributed by atoms with Crippen molar-refractivity contribution in [3.8, 4) is 16.9 Å². The summed E-state index contributed by atoms with van der Waals surface area (Å²) < 4.78 is 78.2. The molecule has 0 radical (unpaired) electrons. The average molecular weight is 547 g/mol. The van der Waals surface area contributed by atoms with Crippen molar-refractivity contribution in [1.82, 2.24) is 0 Å². The lowest BCUT2D eigenvalue weighted by Gasteiger charge is -2.29. The molecule has 1 aliphatic carbocycles. The standard InChI is InChI=1S/C32H35F5O2/c1-3-5-27(38)25-15-14-22(29(34)31(25)36)21-11-8-19(9-12-21)6-7-20-10-13-23(26(33)18-20)24-16-17-28(39-4-2)32(37)30(24)35/h10,13-19,21,27,38H,3-9,11-12H2,1-2H3. The molecular formula is C32H35F5O2. The van der Waals surface area contributed by atoms with E-state index in [-0.39, 0.29) is 35.0 Å². The van der Waals surface area contributed by atoms with E-state index in [0.717, 1.165) is 37.7 Å². The summed E-state index contributed by atoms with van der Waals surface area (Å²) in [5, 5.41) is 10.1. The Balaban J connectivity index is 1.35. The highest BCUT2D eigenvalue weighted by atomic mass is 19.2. The van der Waals surface area contributed by atoms with Gasteiger partial charge >= 0.3 is 0 Å². The predicted molar refractivity (Wildman–Crippen MR) is 142 cm³/mol. The molecule has 2 nitrogen and oxygen atoms in total. The first-order valence-electron chi connectivity index (χ1n) is 13.8. The number of aliphatic hydroxyl groups excluding tert-OH is 1. The minimum absolute atomic E-state index is 0.0128. The minimum atomic E-state index is -1.15. The molecule has 0 saturated heterocycles. The van der Waals surface area contributed by atoms with E-state index in [2.05, 4.69) is 0 Å². The molecule has 7 heteroatoms. The van der Waals surface area contributed by atoms with Gasteiger partial charge in [-0.15, -0.1) is 0 Å². The van der Waals surface area contributed by atoms with Crippen molar-refractivity contribution >= 4 is 0 Å². The first-order chi connectivity index (χ1) is 18.7. The Morgan fingerprint density at radius 2 is 1.54 bits per heavy atom. The largest absolute Gasteiger partial charge is 0.491 e. The lowest BCUT2D eigenvalue weighted by molar-refractivity contribution is 0.160. The van der Waals surface area contributed by atoms with Crippen LogP contribution in [0.3, 0.4) is 0 Å². The normalized spacial score (nSPS) is 18.3. The van der Waals surface area contributed by atoms with Crippen molar-refractivity contribution in [2.24, 2.45) is 5.92 Å². The zero-order valence-electron chi connectivity index (χ0n) is 22.4. The molecule has 39 heavy (non-hydrogen) atoms. The summed E-state index contributed by atoms with van der Waals surface area (Å²) >= 11 is 0. The van der Waals surface area contributed by atoms with Crippen molar-refractivity contribution in [2.75, 3.05) is 6.61 Å². The van der Waals surface area contributed by atoms with E-state index in [4.69, 9.17) is 4.74 Å². The molecular weight excluding hydrogens is 511 g/mol. The van der Waals surface area contributed by atoms with Crippen molar-refractivity contribution in [2.45, 2.75) is 77.2 Å². The molecule has 0 amide bonds. The number of hydrogen-bond acceptors (Lipinski definition) is 2. The van der Waals surface area contributed by atoms with Crippen LogP contribution in [0.2, 0.25) is 0 Å². The van der Waals surface area contributed by atoms with Crippen LogP contribution in [-0.4, -0.2) is 11.7 Å². The fourth-order valence-corrected chi connectivity index (χ4v) is 5.65. The minimum Gasteiger partial charge on any atom is -0.491 e. The van der Waals surface area contributed by atoms with Gasteiger partial charge in [0.25, 0.3) is 0 Å². The van der Waals surface area contributed by atoms with Gasteiger partial charge < -0.3 is 9.84 Å². The van der Waals surface area contributed by atoms with Crippen molar-refractivity contribution < 1.29 is 31.8 Å². The van der Waals surface area contributed by atoms with Gasteiger partial charge in [-0.05, 0) is 93.0 Å². The highest BCUT2D eigenvalue weighted by molar-refractivity contribution is 5.66. The van der Waals surface area contributed by atoms with Gasteiger partial charge in [-0.2, -0.15) is 4.39 Å². The molecule has 0 heterocycles. The molecule has 1 atom stereocenters. The molecule has 0 aromatic heterocycles. The molecule has 1 aliphatic rings. The smallest absolute Gasteiger partial charge is 0.201 e. The van der Waals surface area contributed by atoms with Gasteiger partial charge in [0.15, 0.2) is 23.2 Å². The number of rotatable bonds is 10. The van der Waals surface area contributed by atoms with Crippen LogP contribution in [0.25, 0.3) is 11.1 Å². The number of ether oxygens (including phenoxy) is 1. The Morgan fingerprint density at radius 1 is 0.821 bits per heavy atom. The van der Waals surface area contributed by atoms with Gasteiger partial charge in [0, 0.05) is 16.7 Å². The fourth-order valence-electron chi connectivity index (χ4n) is 5.65. The summed E-state index contributed by atoms with van der Waals surface area (Å²) in [6.07, 6.45) is 4.65. The van der Waals surface area contributed by atoms with Gasteiger partial charge in [0.05, 0.1) is 12.7 Å². The molecule has 0 aliphatic heterocycles. The van der Waals surface area contributed by atoms with Crippen LogP contribution in [0.15, 0.2) is 42.5 Å². The fraction of sp³-hybridized carbons (Fsp3) is 0.438. The second kappa shape index (κ2) is 12.9. The topological polar surface area (TPSA) is 29.5 Å². The molecule has 1 N–H and O–H groups in total. The molecule has 4 rings (SSSR count). The van der Waals surface area contributed by atoms with E-state index in [1.807, 2.05) is 6.92 Å². The summed E-state index contributed by atoms with van der Waals surface area (Å²) in [5.41, 5.74) is 0.977. The highest BCUT2D eigenvalue weighted by Gasteiger charge is 2.27. The third kappa shape index (κ3) is 6.46. The van der Waals surface area contributed by atoms with Crippen LogP contribution in [0, 0.1) is 35.0 Å². The Kier molecular flexibility index (Phi) is 9.65. The monoisotopic (exact) mass is 546 g/mol. The third-order valence-corrected chi connectivity index (χ3v) is 7.86. The number of aliphatic hydroxyl groups is 1.